The molecule has 1 fully saturated rings. The molecule has 1 amide bonds. The fraction of sp³-hybridized carbons (Fsp3) is 0.333. The maximum Gasteiger partial charge on any atom is 0.339 e. The van der Waals surface area contributed by atoms with Crippen molar-refractivity contribution in [2.45, 2.75) is 49.0 Å². The Kier molecular flexibility index (Phi) is 6.14. The molecule has 0 radical (unpaired) electrons. The topological polar surface area (TPSA) is 113 Å². The van der Waals surface area contributed by atoms with Crippen LogP contribution in [0.25, 0.3) is 0 Å². The number of esters is 1. The second kappa shape index (κ2) is 9.38. The molecule has 34 heavy (non-hydrogen) atoms. The van der Waals surface area contributed by atoms with E-state index in [1.807, 2.05) is 6.07 Å². The number of thioether (sulfide) groups is 1. The molecular formula is C24H23N3O6S. The lowest BCUT2D eigenvalue weighted by atomic mass is 10.2. The van der Waals surface area contributed by atoms with Crippen LogP contribution in [0.3, 0.4) is 0 Å². The molecule has 1 spiro atoms. The fourth-order valence-corrected chi connectivity index (χ4v) is 4.87. The summed E-state index contributed by atoms with van der Waals surface area (Å²) in [4.78, 5) is 29.9. The molecule has 176 valence electrons. The molecule has 1 saturated carbocycles. The van der Waals surface area contributed by atoms with Gasteiger partial charge >= 0.3 is 5.97 Å². The number of aryl methyl sites for hydroxylation is 1. The molecule has 5 rings (SSSR count). The third-order valence-corrected chi connectivity index (χ3v) is 6.61. The Hall–Kier alpha value is -3.53. The third-order valence-electron chi connectivity index (χ3n) is 5.55. The van der Waals surface area contributed by atoms with E-state index in [-0.39, 0.29) is 0 Å². The highest BCUT2D eigenvalue weighted by molar-refractivity contribution is 7.98. The van der Waals surface area contributed by atoms with Gasteiger partial charge in [0.2, 0.25) is 5.89 Å². The maximum atomic E-state index is 12.6. The summed E-state index contributed by atoms with van der Waals surface area (Å²) >= 11 is 1.37. The lowest BCUT2D eigenvalue weighted by molar-refractivity contribution is -0.119. The van der Waals surface area contributed by atoms with E-state index in [2.05, 4.69) is 15.5 Å². The van der Waals surface area contributed by atoms with Crippen molar-refractivity contribution in [3.63, 3.8) is 0 Å². The van der Waals surface area contributed by atoms with Crippen LogP contribution in [0.5, 0.6) is 11.5 Å². The van der Waals surface area contributed by atoms with E-state index in [1.54, 1.807) is 43.3 Å². The lowest BCUT2D eigenvalue weighted by Gasteiger charge is -2.21. The standard InChI is InChI=1S/C24H23N3O6S/c1-15-25-22(33-27-15)14-34-20-7-3-2-6-17(20)23(29)30-13-21(28)26-16-8-9-18-19(12-16)32-24(31-18)10-4-5-11-24/h2-3,6-9,12H,4-5,10-11,13-14H2,1H3,(H,26,28). The molecule has 0 unspecified atom stereocenters. The predicted octanol–water partition coefficient (Wildman–Crippen LogP) is 4.51. The first-order chi connectivity index (χ1) is 16.5. The van der Waals surface area contributed by atoms with Gasteiger partial charge in [-0.1, -0.05) is 17.3 Å². The molecule has 3 aromatic rings. The number of hydrogen-bond donors (Lipinski definition) is 1. The van der Waals surface area contributed by atoms with Gasteiger partial charge in [-0.05, 0) is 44.0 Å². The Bertz CT molecular complexity index is 1220. The number of fused-ring (bicyclic) bond motifs is 1. The Morgan fingerprint density at radius 1 is 1.12 bits per heavy atom. The molecular weight excluding hydrogens is 458 g/mol. The van der Waals surface area contributed by atoms with Gasteiger partial charge in [0.1, 0.15) is 0 Å². The molecule has 0 atom stereocenters. The average Bonchev–Trinajstić information content (AvgIpc) is 3.56. The first kappa shape index (κ1) is 22.3. The first-order valence-electron chi connectivity index (χ1n) is 11.0. The number of aromatic nitrogens is 2. The van der Waals surface area contributed by atoms with Crippen LogP contribution in [-0.2, 0) is 15.3 Å². The van der Waals surface area contributed by atoms with E-state index in [0.717, 1.165) is 25.7 Å². The molecule has 10 heteroatoms. The maximum absolute atomic E-state index is 12.6. The number of ether oxygens (including phenoxy) is 3. The summed E-state index contributed by atoms with van der Waals surface area (Å²) in [5.74, 6) is 1.12. The summed E-state index contributed by atoms with van der Waals surface area (Å²) in [6.07, 6.45) is 3.85. The number of nitrogens with one attached hydrogen (secondary N) is 1. The minimum Gasteiger partial charge on any atom is -0.452 e. The largest absolute Gasteiger partial charge is 0.452 e. The normalized spacial score (nSPS) is 15.4. The van der Waals surface area contributed by atoms with Crippen LogP contribution in [0.2, 0.25) is 0 Å². The summed E-state index contributed by atoms with van der Waals surface area (Å²) in [6.45, 7) is 1.32. The van der Waals surface area contributed by atoms with Crippen molar-refractivity contribution < 1.29 is 28.3 Å². The van der Waals surface area contributed by atoms with Crippen molar-refractivity contribution in [2.24, 2.45) is 0 Å². The minimum atomic E-state index is -0.589. The second-order valence-corrected chi connectivity index (χ2v) is 9.15. The summed E-state index contributed by atoms with van der Waals surface area (Å²) in [5.41, 5.74) is 0.908. The summed E-state index contributed by atoms with van der Waals surface area (Å²) in [7, 11) is 0. The van der Waals surface area contributed by atoms with Crippen molar-refractivity contribution in [1.29, 1.82) is 0 Å². The van der Waals surface area contributed by atoms with Crippen molar-refractivity contribution >= 4 is 29.3 Å². The number of carbonyl (C=O) groups is 2. The van der Waals surface area contributed by atoms with Gasteiger partial charge in [0.05, 0.1) is 11.3 Å². The molecule has 9 nitrogen and oxygen atoms in total. The molecule has 1 aromatic heterocycles. The van der Waals surface area contributed by atoms with Gasteiger partial charge in [-0.25, -0.2) is 4.79 Å². The average molecular weight is 482 g/mol. The Balaban J connectivity index is 1.15. The van der Waals surface area contributed by atoms with Gasteiger partial charge in [0, 0.05) is 29.5 Å². The number of amides is 1. The van der Waals surface area contributed by atoms with Crippen molar-refractivity contribution in [3.05, 3.63) is 59.7 Å². The molecule has 2 aromatic carbocycles. The number of hydrogen-bond acceptors (Lipinski definition) is 9. The Morgan fingerprint density at radius 3 is 2.71 bits per heavy atom. The van der Waals surface area contributed by atoms with E-state index < -0.39 is 24.3 Å². The zero-order valence-corrected chi connectivity index (χ0v) is 19.4. The molecule has 1 N–H and O–H groups in total. The number of anilines is 1. The summed E-state index contributed by atoms with van der Waals surface area (Å²) in [6, 6.07) is 12.3. The molecule has 1 aliphatic carbocycles. The lowest BCUT2D eigenvalue weighted by Crippen LogP contribution is -2.34. The number of rotatable bonds is 7. The number of nitrogens with zero attached hydrogens (tertiary/aromatic N) is 2. The molecule has 1 aliphatic heterocycles. The van der Waals surface area contributed by atoms with Crippen LogP contribution in [-0.4, -0.2) is 34.4 Å². The smallest absolute Gasteiger partial charge is 0.339 e. The van der Waals surface area contributed by atoms with Crippen LogP contribution < -0.4 is 14.8 Å². The SMILES string of the molecule is Cc1noc(CSc2ccccc2C(=O)OCC(=O)Nc2ccc3c(c2)OC2(CCCC2)O3)n1. The van der Waals surface area contributed by atoms with E-state index >= 15 is 0 Å². The van der Waals surface area contributed by atoms with Crippen LogP contribution in [0.15, 0.2) is 51.9 Å². The van der Waals surface area contributed by atoms with E-state index in [4.69, 9.17) is 18.7 Å². The van der Waals surface area contributed by atoms with Gasteiger partial charge in [-0.3, -0.25) is 4.79 Å². The van der Waals surface area contributed by atoms with E-state index in [1.165, 1.54) is 11.8 Å². The van der Waals surface area contributed by atoms with Gasteiger partial charge < -0.3 is 24.1 Å². The van der Waals surface area contributed by atoms with Crippen LogP contribution in [0.4, 0.5) is 5.69 Å². The summed E-state index contributed by atoms with van der Waals surface area (Å²) in [5, 5.41) is 6.49. The zero-order valence-electron chi connectivity index (χ0n) is 18.5. The van der Waals surface area contributed by atoms with Crippen molar-refractivity contribution in [2.75, 3.05) is 11.9 Å². The summed E-state index contributed by atoms with van der Waals surface area (Å²) < 4.78 is 22.4. The third kappa shape index (κ3) is 4.86. The van der Waals surface area contributed by atoms with Crippen LogP contribution in [0.1, 0.15) is 47.8 Å². The minimum absolute atomic E-state index is 0.362. The molecule has 2 aliphatic rings. The van der Waals surface area contributed by atoms with Gasteiger partial charge in [0.15, 0.2) is 23.9 Å². The van der Waals surface area contributed by atoms with Gasteiger partial charge in [-0.15, -0.1) is 11.8 Å². The Labute approximate surface area is 200 Å². The monoisotopic (exact) mass is 481 g/mol. The highest BCUT2D eigenvalue weighted by Gasteiger charge is 2.44. The van der Waals surface area contributed by atoms with E-state index in [9.17, 15) is 9.59 Å². The number of benzene rings is 2. The van der Waals surface area contributed by atoms with Gasteiger partial charge in [0.25, 0.3) is 11.7 Å². The second-order valence-electron chi connectivity index (χ2n) is 8.13. The Morgan fingerprint density at radius 2 is 1.91 bits per heavy atom. The van der Waals surface area contributed by atoms with Crippen LogP contribution in [0, 0.1) is 6.92 Å². The molecule has 0 bridgehead atoms. The van der Waals surface area contributed by atoms with E-state index in [0.29, 0.717) is 45.1 Å². The fourth-order valence-electron chi connectivity index (χ4n) is 3.99. The highest BCUT2D eigenvalue weighted by Crippen LogP contribution is 2.47. The quantitative estimate of drug-likeness (QED) is 0.385. The van der Waals surface area contributed by atoms with Gasteiger partial charge in [-0.2, -0.15) is 4.98 Å². The predicted molar refractivity (Wildman–Crippen MR) is 123 cm³/mol. The molecule has 0 saturated heterocycles. The first-order valence-corrected chi connectivity index (χ1v) is 12.0. The highest BCUT2D eigenvalue weighted by atomic mass is 32.2. The number of carbonyl (C=O) groups excluding carboxylic acids is 2. The van der Waals surface area contributed by atoms with Crippen LogP contribution >= 0.6 is 11.8 Å². The molecule has 2 heterocycles. The van der Waals surface area contributed by atoms with Crippen molar-refractivity contribution in [3.8, 4) is 11.5 Å². The zero-order chi connectivity index (χ0) is 23.5. The van der Waals surface area contributed by atoms with Crippen molar-refractivity contribution in [1.82, 2.24) is 10.1 Å².